The first-order valence-electron chi connectivity index (χ1n) is 6.40. The van der Waals surface area contributed by atoms with Gasteiger partial charge in [-0.05, 0) is 43.7 Å². The number of nitrogens with zero attached hydrogens (tertiary/aromatic N) is 1. The number of benzene rings is 1. The predicted octanol–water partition coefficient (Wildman–Crippen LogP) is 1.89. The minimum Gasteiger partial charge on any atom is -0.377 e. The van der Waals surface area contributed by atoms with Crippen LogP contribution in [0, 0.1) is 5.82 Å². The summed E-state index contributed by atoms with van der Waals surface area (Å²) in [6.45, 7) is 4.00. The molecule has 0 spiro atoms. The van der Waals surface area contributed by atoms with Crippen LogP contribution >= 0.6 is 0 Å². The van der Waals surface area contributed by atoms with Crippen molar-refractivity contribution in [2.75, 3.05) is 13.7 Å². The Morgan fingerprint density at radius 1 is 1.39 bits per heavy atom. The molecule has 0 bridgehead atoms. The second-order valence-electron chi connectivity index (χ2n) is 5.02. The summed E-state index contributed by atoms with van der Waals surface area (Å²) in [7, 11) is 2.06. The number of rotatable bonds is 4. The van der Waals surface area contributed by atoms with Crippen LogP contribution in [-0.2, 0) is 17.8 Å². The second kappa shape index (κ2) is 5.78. The monoisotopic (exact) mass is 252 g/mol. The molecule has 1 aliphatic heterocycles. The Morgan fingerprint density at radius 2 is 2.11 bits per heavy atom. The van der Waals surface area contributed by atoms with Crippen molar-refractivity contribution in [3.05, 3.63) is 35.1 Å². The first-order valence-corrected chi connectivity index (χ1v) is 6.40. The third-order valence-corrected chi connectivity index (χ3v) is 3.59. The molecule has 2 N–H and O–H groups in total. The average molecular weight is 252 g/mol. The zero-order chi connectivity index (χ0) is 13.1. The Hall–Kier alpha value is -0.970. The Balaban J connectivity index is 2.06. The fourth-order valence-corrected chi connectivity index (χ4v) is 2.63. The fourth-order valence-electron chi connectivity index (χ4n) is 2.63. The van der Waals surface area contributed by atoms with E-state index < -0.39 is 0 Å². The quantitative estimate of drug-likeness (QED) is 0.889. The molecule has 1 aromatic carbocycles. The van der Waals surface area contributed by atoms with Crippen molar-refractivity contribution >= 4 is 0 Å². The summed E-state index contributed by atoms with van der Waals surface area (Å²) in [6.07, 6.45) is 1.29. The van der Waals surface area contributed by atoms with E-state index in [9.17, 15) is 4.39 Å². The van der Waals surface area contributed by atoms with E-state index in [0.717, 1.165) is 30.7 Å². The zero-order valence-electron chi connectivity index (χ0n) is 11.0. The Labute approximate surface area is 108 Å². The van der Waals surface area contributed by atoms with Gasteiger partial charge in [-0.2, -0.15) is 0 Å². The Kier molecular flexibility index (Phi) is 4.32. The highest BCUT2D eigenvalue weighted by Crippen LogP contribution is 2.20. The van der Waals surface area contributed by atoms with Gasteiger partial charge in [-0.3, -0.25) is 4.90 Å². The van der Waals surface area contributed by atoms with Gasteiger partial charge in [-0.15, -0.1) is 0 Å². The number of nitrogens with two attached hydrogens (primary N) is 1. The van der Waals surface area contributed by atoms with Gasteiger partial charge >= 0.3 is 0 Å². The van der Waals surface area contributed by atoms with Crippen LogP contribution in [-0.4, -0.2) is 30.7 Å². The summed E-state index contributed by atoms with van der Waals surface area (Å²) in [5.41, 5.74) is 7.37. The largest absolute Gasteiger partial charge is 0.377 e. The van der Waals surface area contributed by atoms with Crippen molar-refractivity contribution in [1.29, 1.82) is 0 Å². The minimum atomic E-state index is -0.211. The molecule has 0 amide bonds. The highest BCUT2D eigenvalue weighted by molar-refractivity contribution is 5.24. The Morgan fingerprint density at radius 3 is 2.72 bits per heavy atom. The summed E-state index contributed by atoms with van der Waals surface area (Å²) in [6, 6.07) is 5.45. The molecule has 3 nitrogen and oxygen atoms in total. The van der Waals surface area contributed by atoms with Crippen molar-refractivity contribution in [3.8, 4) is 0 Å². The lowest BCUT2D eigenvalue weighted by Crippen LogP contribution is -2.36. The van der Waals surface area contributed by atoms with Gasteiger partial charge in [0.1, 0.15) is 5.82 Å². The van der Waals surface area contributed by atoms with E-state index in [2.05, 4.69) is 18.9 Å². The minimum absolute atomic E-state index is 0.211. The third-order valence-electron chi connectivity index (χ3n) is 3.59. The van der Waals surface area contributed by atoms with E-state index in [-0.39, 0.29) is 11.9 Å². The normalized spacial score (nSPS) is 23.8. The van der Waals surface area contributed by atoms with Crippen LogP contribution < -0.4 is 5.73 Å². The summed E-state index contributed by atoms with van der Waals surface area (Å²) in [5, 5.41) is 0. The smallest absolute Gasteiger partial charge is 0.123 e. The molecule has 0 saturated carbocycles. The van der Waals surface area contributed by atoms with Crippen molar-refractivity contribution in [2.45, 2.75) is 38.6 Å². The van der Waals surface area contributed by atoms with Gasteiger partial charge in [0.2, 0.25) is 0 Å². The van der Waals surface area contributed by atoms with Crippen molar-refractivity contribution in [2.24, 2.45) is 5.73 Å². The second-order valence-corrected chi connectivity index (χ2v) is 5.02. The average Bonchev–Trinajstić information content (AvgIpc) is 2.74. The number of ether oxygens (including phenoxy) is 1. The van der Waals surface area contributed by atoms with Crippen LogP contribution in [0.5, 0.6) is 0 Å². The van der Waals surface area contributed by atoms with Gasteiger partial charge in [0.15, 0.2) is 0 Å². The number of hydrogen-bond acceptors (Lipinski definition) is 3. The molecule has 0 radical (unpaired) electrons. The first kappa shape index (κ1) is 13.5. The first-order chi connectivity index (χ1) is 8.60. The van der Waals surface area contributed by atoms with Crippen LogP contribution in [0.1, 0.15) is 24.5 Å². The lowest BCUT2D eigenvalue weighted by Gasteiger charge is -2.26. The standard InChI is InChI=1S/C14H21FN2O/c1-10-14(3-4-18-10)17(2)9-12-5-11(8-16)6-13(15)7-12/h5-7,10,14H,3-4,8-9,16H2,1-2H3. The SMILES string of the molecule is CC1OCCC1N(C)Cc1cc(F)cc(CN)c1. The molecular formula is C14H21FN2O. The molecule has 1 aliphatic rings. The van der Waals surface area contributed by atoms with Crippen molar-refractivity contribution in [1.82, 2.24) is 4.90 Å². The highest BCUT2D eigenvalue weighted by Gasteiger charge is 2.27. The highest BCUT2D eigenvalue weighted by atomic mass is 19.1. The maximum absolute atomic E-state index is 13.4. The molecule has 2 rings (SSSR count). The molecule has 1 heterocycles. The number of hydrogen-bond donors (Lipinski definition) is 1. The van der Waals surface area contributed by atoms with Crippen molar-refractivity contribution < 1.29 is 9.13 Å². The van der Waals surface area contributed by atoms with E-state index in [1.807, 2.05) is 6.07 Å². The predicted molar refractivity (Wildman–Crippen MR) is 69.6 cm³/mol. The van der Waals surface area contributed by atoms with Gasteiger partial charge in [-0.1, -0.05) is 6.07 Å². The maximum Gasteiger partial charge on any atom is 0.123 e. The molecule has 1 fully saturated rings. The maximum atomic E-state index is 13.4. The Bertz CT molecular complexity index is 411. The van der Waals surface area contributed by atoms with Gasteiger partial charge in [-0.25, -0.2) is 4.39 Å². The molecule has 4 heteroatoms. The van der Waals surface area contributed by atoms with Gasteiger partial charge < -0.3 is 10.5 Å². The molecule has 2 atom stereocenters. The lowest BCUT2D eigenvalue weighted by atomic mass is 10.1. The van der Waals surface area contributed by atoms with Crippen LogP contribution in [0.25, 0.3) is 0 Å². The summed E-state index contributed by atoms with van der Waals surface area (Å²) < 4.78 is 19.0. The van der Waals surface area contributed by atoms with E-state index in [4.69, 9.17) is 10.5 Å². The van der Waals surface area contributed by atoms with Crippen LogP contribution in [0.3, 0.4) is 0 Å². The molecule has 1 saturated heterocycles. The van der Waals surface area contributed by atoms with Gasteiger partial charge in [0.05, 0.1) is 6.10 Å². The molecule has 0 aromatic heterocycles. The number of halogens is 1. The molecule has 1 aromatic rings. The molecule has 2 unspecified atom stereocenters. The molecule has 18 heavy (non-hydrogen) atoms. The van der Waals surface area contributed by atoms with Gasteiger partial charge in [0.25, 0.3) is 0 Å². The van der Waals surface area contributed by atoms with E-state index in [1.165, 1.54) is 6.07 Å². The molecule has 0 aliphatic carbocycles. The topological polar surface area (TPSA) is 38.5 Å². The summed E-state index contributed by atoms with van der Waals surface area (Å²) in [4.78, 5) is 2.23. The lowest BCUT2D eigenvalue weighted by molar-refractivity contribution is 0.0814. The third kappa shape index (κ3) is 3.07. The van der Waals surface area contributed by atoms with Crippen LogP contribution in [0.15, 0.2) is 18.2 Å². The van der Waals surface area contributed by atoms with Gasteiger partial charge in [0, 0.05) is 25.7 Å². The number of likely N-dealkylation sites (N-methyl/N-ethyl adjacent to an activating group) is 1. The molecule has 100 valence electrons. The van der Waals surface area contributed by atoms with E-state index >= 15 is 0 Å². The van der Waals surface area contributed by atoms with E-state index in [0.29, 0.717) is 12.6 Å². The molecular weight excluding hydrogens is 231 g/mol. The summed E-state index contributed by atoms with van der Waals surface area (Å²) >= 11 is 0. The van der Waals surface area contributed by atoms with Crippen molar-refractivity contribution in [3.63, 3.8) is 0 Å². The van der Waals surface area contributed by atoms with Crippen LogP contribution in [0.2, 0.25) is 0 Å². The summed E-state index contributed by atoms with van der Waals surface area (Å²) in [5.74, 6) is -0.211. The fraction of sp³-hybridized carbons (Fsp3) is 0.571. The van der Waals surface area contributed by atoms with Crippen LogP contribution in [0.4, 0.5) is 4.39 Å². The van der Waals surface area contributed by atoms with E-state index in [1.54, 1.807) is 6.07 Å². The zero-order valence-corrected chi connectivity index (χ0v) is 11.0.